The number of aryl methyl sites for hydroxylation is 2. The number of nitrogens with zero attached hydrogens (tertiary/aromatic N) is 3. The molecule has 0 atom stereocenters. The molecule has 6 heteroatoms. The molecule has 1 amide bonds. The zero-order valence-electron chi connectivity index (χ0n) is 16.8. The fourth-order valence-electron chi connectivity index (χ4n) is 3.39. The van der Waals surface area contributed by atoms with Gasteiger partial charge in [0.1, 0.15) is 13.2 Å². The average molecular weight is 391 g/mol. The van der Waals surface area contributed by atoms with Gasteiger partial charge in [0, 0.05) is 25.8 Å². The molecule has 0 aliphatic carbocycles. The Hall–Kier alpha value is -3.28. The number of rotatable bonds is 6. The van der Waals surface area contributed by atoms with Crippen LogP contribution in [0.3, 0.4) is 0 Å². The van der Waals surface area contributed by atoms with E-state index in [4.69, 9.17) is 9.47 Å². The zero-order chi connectivity index (χ0) is 20.2. The van der Waals surface area contributed by atoms with Crippen molar-refractivity contribution in [2.45, 2.75) is 19.9 Å². The second kappa shape index (κ2) is 8.39. The van der Waals surface area contributed by atoms with Crippen molar-refractivity contribution >= 4 is 5.91 Å². The third kappa shape index (κ3) is 4.42. The number of benzene rings is 2. The Morgan fingerprint density at radius 1 is 1.03 bits per heavy atom. The van der Waals surface area contributed by atoms with Crippen LogP contribution in [0.1, 0.15) is 27.3 Å². The Bertz CT molecular complexity index is 978. The van der Waals surface area contributed by atoms with Gasteiger partial charge in [-0.3, -0.25) is 9.48 Å². The van der Waals surface area contributed by atoms with E-state index in [-0.39, 0.29) is 5.91 Å². The van der Waals surface area contributed by atoms with Crippen molar-refractivity contribution in [2.75, 3.05) is 19.8 Å². The monoisotopic (exact) mass is 391 g/mol. The molecule has 0 unspecified atom stereocenters. The summed E-state index contributed by atoms with van der Waals surface area (Å²) in [6, 6.07) is 17.9. The number of aromatic nitrogens is 2. The highest BCUT2D eigenvalue weighted by atomic mass is 16.6. The molecule has 2 heterocycles. The summed E-state index contributed by atoms with van der Waals surface area (Å²) in [6.45, 7) is 4.14. The molecule has 0 bridgehead atoms. The van der Waals surface area contributed by atoms with E-state index in [0.717, 1.165) is 29.2 Å². The first kappa shape index (κ1) is 19.1. The first-order valence-electron chi connectivity index (χ1n) is 9.82. The quantitative estimate of drug-likeness (QED) is 0.646. The largest absolute Gasteiger partial charge is 0.486 e. The Labute approximate surface area is 170 Å². The lowest BCUT2D eigenvalue weighted by Gasteiger charge is -2.24. The summed E-state index contributed by atoms with van der Waals surface area (Å²) in [5.74, 6) is 1.42. The van der Waals surface area contributed by atoms with Gasteiger partial charge in [0.2, 0.25) is 0 Å². The Morgan fingerprint density at radius 3 is 2.52 bits per heavy atom. The van der Waals surface area contributed by atoms with Crippen molar-refractivity contribution in [1.29, 1.82) is 0 Å². The Morgan fingerprint density at radius 2 is 1.79 bits per heavy atom. The molecule has 29 heavy (non-hydrogen) atoms. The lowest BCUT2D eigenvalue weighted by molar-refractivity contribution is 0.0738. The van der Waals surface area contributed by atoms with Crippen molar-refractivity contribution < 1.29 is 14.3 Å². The lowest BCUT2D eigenvalue weighted by Crippen LogP contribution is -2.33. The summed E-state index contributed by atoms with van der Waals surface area (Å²) in [7, 11) is 1.85. The topological polar surface area (TPSA) is 56.6 Å². The molecule has 2 aromatic carbocycles. The van der Waals surface area contributed by atoms with Gasteiger partial charge in [-0.1, -0.05) is 36.4 Å². The standard InChI is InChI=1S/C23H25N3O3/c1-17-14-20(24-25(17)2)23(27)26(11-10-18-6-4-3-5-7-18)16-19-8-9-21-22(15-19)29-13-12-28-21/h3-9,14-15H,10-13,16H2,1-2H3. The number of hydrogen-bond acceptors (Lipinski definition) is 4. The Balaban J connectivity index is 1.56. The molecule has 3 aromatic rings. The summed E-state index contributed by atoms with van der Waals surface area (Å²) >= 11 is 0. The van der Waals surface area contributed by atoms with Gasteiger partial charge in [0.25, 0.3) is 5.91 Å². The molecule has 0 radical (unpaired) electrons. The maximum Gasteiger partial charge on any atom is 0.274 e. The molecule has 6 nitrogen and oxygen atoms in total. The van der Waals surface area contributed by atoms with Gasteiger partial charge in [0.05, 0.1) is 0 Å². The van der Waals surface area contributed by atoms with Gasteiger partial charge < -0.3 is 14.4 Å². The van der Waals surface area contributed by atoms with Crippen LogP contribution in [0.4, 0.5) is 0 Å². The van der Waals surface area contributed by atoms with E-state index in [1.54, 1.807) is 4.68 Å². The molecule has 0 N–H and O–H groups in total. The molecular weight excluding hydrogens is 366 g/mol. The van der Waals surface area contributed by atoms with E-state index in [1.807, 2.05) is 61.3 Å². The van der Waals surface area contributed by atoms with Crippen LogP contribution in [0, 0.1) is 6.92 Å². The van der Waals surface area contributed by atoms with Crippen LogP contribution < -0.4 is 9.47 Å². The minimum atomic E-state index is -0.0699. The SMILES string of the molecule is Cc1cc(C(=O)N(CCc2ccccc2)Cc2ccc3c(c2)OCCO3)nn1C. The second-order valence-corrected chi connectivity index (χ2v) is 7.23. The summed E-state index contributed by atoms with van der Waals surface area (Å²) < 4.78 is 13.0. The molecule has 0 saturated carbocycles. The maximum atomic E-state index is 13.2. The molecular formula is C23H25N3O3. The third-order valence-electron chi connectivity index (χ3n) is 5.11. The van der Waals surface area contributed by atoms with Crippen molar-refractivity contribution in [3.05, 3.63) is 77.1 Å². The van der Waals surface area contributed by atoms with Gasteiger partial charge in [0.15, 0.2) is 17.2 Å². The smallest absolute Gasteiger partial charge is 0.274 e. The van der Waals surface area contributed by atoms with Crippen molar-refractivity contribution in [3.63, 3.8) is 0 Å². The van der Waals surface area contributed by atoms with E-state index >= 15 is 0 Å². The van der Waals surface area contributed by atoms with Crippen LogP contribution in [0.5, 0.6) is 11.5 Å². The van der Waals surface area contributed by atoms with E-state index in [9.17, 15) is 4.79 Å². The van der Waals surface area contributed by atoms with Crippen molar-refractivity contribution in [1.82, 2.24) is 14.7 Å². The van der Waals surface area contributed by atoms with Gasteiger partial charge in [-0.15, -0.1) is 0 Å². The van der Waals surface area contributed by atoms with E-state index < -0.39 is 0 Å². The minimum Gasteiger partial charge on any atom is -0.486 e. The molecule has 1 aliphatic rings. The van der Waals surface area contributed by atoms with E-state index in [1.165, 1.54) is 5.56 Å². The van der Waals surface area contributed by atoms with Crippen LogP contribution in [0.25, 0.3) is 0 Å². The summed E-state index contributed by atoms with van der Waals surface area (Å²) in [4.78, 5) is 15.1. The van der Waals surface area contributed by atoms with Gasteiger partial charge in [-0.25, -0.2) is 0 Å². The normalized spacial score (nSPS) is 12.6. The van der Waals surface area contributed by atoms with Crippen molar-refractivity contribution in [2.24, 2.45) is 7.05 Å². The molecule has 4 rings (SSSR count). The highest BCUT2D eigenvalue weighted by Crippen LogP contribution is 2.31. The van der Waals surface area contributed by atoms with E-state index in [2.05, 4.69) is 17.2 Å². The molecule has 150 valence electrons. The third-order valence-corrected chi connectivity index (χ3v) is 5.11. The molecule has 0 fully saturated rings. The van der Waals surface area contributed by atoms with Crippen LogP contribution in [-0.2, 0) is 20.0 Å². The highest BCUT2D eigenvalue weighted by molar-refractivity contribution is 5.92. The number of ether oxygens (including phenoxy) is 2. The van der Waals surface area contributed by atoms with Crippen molar-refractivity contribution in [3.8, 4) is 11.5 Å². The van der Waals surface area contributed by atoms with E-state index in [0.29, 0.717) is 32.0 Å². The van der Waals surface area contributed by atoms with Crippen LogP contribution in [-0.4, -0.2) is 40.3 Å². The molecule has 0 saturated heterocycles. The molecule has 1 aliphatic heterocycles. The Kier molecular flexibility index (Phi) is 5.51. The molecule has 0 spiro atoms. The predicted molar refractivity (Wildman–Crippen MR) is 110 cm³/mol. The average Bonchev–Trinajstić information content (AvgIpc) is 3.09. The van der Waals surface area contributed by atoms with Crippen LogP contribution >= 0.6 is 0 Å². The number of amides is 1. The summed E-state index contributed by atoms with van der Waals surface area (Å²) in [5.41, 5.74) is 3.62. The summed E-state index contributed by atoms with van der Waals surface area (Å²) in [6.07, 6.45) is 0.781. The highest BCUT2D eigenvalue weighted by Gasteiger charge is 2.21. The minimum absolute atomic E-state index is 0.0699. The van der Waals surface area contributed by atoms with Crippen LogP contribution in [0.15, 0.2) is 54.6 Å². The second-order valence-electron chi connectivity index (χ2n) is 7.23. The number of carbonyl (C=O) groups is 1. The fraction of sp³-hybridized carbons (Fsp3) is 0.304. The van der Waals surface area contributed by atoms with Gasteiger partial charge in [-0.2, -0.15) is 5.10 Å². The number of fused-ring (bicyclic) bond motifs is 1. The predicted octanol–water partition coefficient (Wildman–Crippen LogP) is 3.38. The summed E-state index contributed by atoms with van der Waals surface area (Å²) in [5, 5.41) is 4.38. The first-order valence-corrected chi connectivity index (χ1v) is 9.82. The maximum absolute atomic E-state index is 13.2. The molecule has 1 aromatic heterocycles. The first-order chi connectivity index (χ1) is 14.1. The fourth-order valence-corrected chi connectivity index (χ4v) is 3.39. The lowest BCUT2D eigenvalue weighted by atomic mass is 10.1. The zero-order valence-corrected chi connectivity index (χ0v) is 16.8. The van der Waals surface area contributed by atoms with Gasteiger partial charge in [-0.05, 0) is 42.7 Å². The van der Waals surface area contributed by atoms with Gasteiger partial charge >= 0.3 is 0 Å². The number of hydrogen-bond donors (Lipinski definition) is 0. The number of carbonyl (C=O) groups excluding carboxylic acids is 1. The van der Waals surface area contributed by atoms with Crippen LogP contribution in [0.2, 0.25) is 0 Å².